The standard InChI is InChI=1S/C12H14BrFN2O4/c1-12(2,3)20-11(17)15(4)9-6-8(14)7(13)5-10(9)16(18)19/h5-6H,1-4H3. The zero-order valence-corrected chi connectivity index (χ0v) is 13.0. The third-order valence-corrected chi connectivity index (χ3v) is 2.85. The number of amides is 1. The van der Waals surface area contributed by atoms with Gasteiger partial charge in [0.15, 0.2) is 0 Å². The van der Waals surface area contributed by atoms with Crippen LogP contribution >= 0.6 is 15.9 Å². The van der Waals surface area contributed by atoms with Crippen LogP contribution in [-0.4, -0.2) is 23.7 Å². The third kappa shape index (κ3) is 3.89. The van der Waals surface area contributed by atoms with Gasteiger partial charge in [0, 0.05) is 19.2 Å². The van der Waals surface area contributed by atoms with Gasteiger partial charge < -0.3 is 4.74 Å². The van der Waals surface area contributed by atoms with Crippen molar-refractivity contribution in [2.45, 2.75) is 26.4 Å². The number of benzene rings is 1. The molecular weight excluding hydrogens is 335 g/mol. The number of nitro groups is 1. The molecule has 110 valence electrons. The number of nitro benzene ring substituents is 1. The molecule has 0 aliphatic rings. The van der Waals surface area contributed by atoms with Crippen molar-refractivity contribution in [1.82, 2.24) is 0 Å². The summed E-state index contributed by atoms with van der Waals surface area (Å²) in [7, 11) is 1.28. The lowest BCUT2D eigenvalue weighted by molar-refractivity contribution is -0.384. The van der Waals surface area contributed by atoms with Gasteiger partial charge in [-0.1, -0.05) is 0 Å². The van der Waals surface area contributed by atoms with Crippen LogP contribution in [0, 0.1) is 15.9 Å². The van der Waals surface area contributed by atoms with E-state index in [2.05, 4.69) is 15.9 Å². The van der Waals surface area contributed by atoms with Gasteiger partial charge in [-0.05, 0) is 36.7 Å². The molecule has 0 fully saturated rings. The van der Waals surface area contributed by atoms with E-state index < -0.39 is 28.1 Å². The highest BCUT2D eigenvalue weighted by Gasteiger charge is 2.27. The van der Waals surface area contributed by atoms with Gasteiger partial charge >= 0.3 is 6.09 Å². The lowest BCUT2D eigenvalue weighted by Crippen LogP contribution is -2.34. The summed E-state index contributed by atoms with van der Waals surface area (Å²) in [6.45, 7) is 4.99. The van der Waals surface area contributed by atoms with Gasteiger partial charge in [0.1, 0.15) is 17.1 Å². The number of carbonyl (C=O) groups is 1. The van der Waals surface area contributed by atoms with E-state index in [9.17, 15) is 19.3 Å². The fourth-order valence-corrected chi connectivity index (χ4v) is 1.70. The average Bonchev–Trinajstić information content (AvgIpc) is 2.28. The summed E-state index contributed by atoms with van der Waals surface area (Å²) in [6.07, 6.45) is -0.803. The smallest absolute Gasteiger partial charge is 0.414 e. The zero-order chi connectivity index (χ0) is 15.7. The van der Waals surface area contributed by atoms with E-state index in [1.165, 1.54) is 7.05 Å². The molecule has 0 aliphatic carbocycles. The molecule has 0 saturated carbocycles. The number of nitrogens with zero attached hydrogens (tertiary/aromatic N) is 2. The van der Waals surface area contributed by atoms with E-state index in [1.54, 1.807) is 20.8 Å². The molecular formula is C12H14BrFN2O4. The van der Waals surface area contributed by atoms with Crippen molar-refractivity contribution >= 4 is 33.4 Å². The number of anilines is 1. The summed E-state index contributed by atoms with van der Waals surface area (Å²) in [4.78, 5) is 23.1. The molecule has 0 atom stereocenters. The van der Waals surface area contributed by atoms with Gasteiger partial charge in [0.05, 0.1) is 9.40 Å². The molecule has 1 rings (SSSR count). The molecule has 0 spiro atoms. The zero-order valence-electron chi connectivity index (χ0n) is 11.4. The van der Waals surface area contributed by atoms with Gasteiger partial charge in [-0.15, -0.1) is 0 Å². The number of hydrogen-bond donors (Lipinski definition) is 0. The van der Waals surface area contributed by atoms with Crippen molar-refractivity contribution in [3.8, 4) is 0 Å². The van der Waals surface area contributed by atoms with Crippen molar-refractivity contribution < 1.29 is 18.8 Å². The molecule has 0 saturated heterocycles. The first-order valence-electron chi connectivity index (χ1n) is 5.63. The summed E-state index contributed by atoms with van der Waals surface area (Å²) in [5, 5.41) is 11.0. The summed E-state index contributed by atoms with van der Waals surface area (Å²) in [5.74, 6) is -0.707. The highest BCUT2D eigenvalue weighted by molar-refractivity contribution is 9.10. The lowest BCUT2D eigenvalue weighted by Gasteiger charge is -2.24. The first-order valence-corrected chi connectivity index (χ1v) is 6.42. The Morgan fingerprint density at radius 2 is 2.00 bits per heavy atom. The Balaban J connectivity index is 3.21. The Morgan fingerprint density at radius 3 is 2.45 bits per heavy atom. The quantitative estimate of drug-likeness (QED) is 0.600. The van der Waals surface area contributed by atoms with E-state index in [-0.39, 0.29) is 10.2 Å². The molecule has 0 aliphatic heterocycles. The molecule has 1 aromatic rings. The third-order valence-electron chi connectivity index (χ3n) is 2.24. The van der Waals surface area contributed by atoms with Crippen LogP contribution in [-0.2, 0) is 4.74 Å². The Labute approximate surface area is 123 Å². The predicted molar refractivity (Wildman–Crippen MR) is 75.4 cm³/mol. The number of rotatable bonds is 2. The highest BCUT2D eigenvalue weighted by Crippen LogP contribution is 2.33. The Kier molecular flexibility index (Phi) is 4.69. The van der Waals surface area contributed by atoms with Crippen LogP contribution in [0.4, 0.5) is 20.6 Å². The van der Waals surface area contributed by atoms with Crippen molar-refractivity contribution in [3.05, 3.63) is 32.5 Å². The SMILES string of the molecule is CN(C(=O)OC(C)(C)C)c1cc(F)c(Br)cc1[N+](=O)[O-]. The van der Waals surface area contributed by atoms with Crippen molar-refractivity contribution in [2.24, 2.45) is 0 Å². The molecule has 8 heteroatoms. The summed E-state index contributed by atoms with van der Waals surface area (Å²) in [6, 6.07) is 1.91. The van der Waals surface area contributed by atoms with Gasteiger partial charge in [0.2, 0.25) is 0 Å². The number of carbonyl (C=O) groups excluding carboxylic acids is 1. The topological polar surface area (TPSA) is 72.7 Å². The largest absolute Gasteiger partial charge is 0.443 e. The summed E-state index contributed by atoms with van der Waals surface area (Å²) < 4.78 is 18.6. The maximum absolute atomic E-state index is 13.5. The Morgan fingerprint density at radius 1 is 1.45 bits per heavy atom. The molecule has 0 aromatic heterocycles. The summed E-state index contributed by atoms with van der Waals surface area (Å²) in [5.41, 5.74) is -1.33. The predicted octanol–water partition coefficient (Wildman–Crippen LogP) is 3.87. The van der Waals surface area contributed by atoms with E-state index in [4.69, 9.17) is 4.74 Å². The molecule has 6 nitrogen and oxygen atoms in total. The van der Waals surface area contributed by atoms with E-state index >= 15 is 0 Å². The molecule has 0 unspecified atom stereocenters. The molecule has 0 radical (unpaired) electrons. The first-order chi connectivity index (χ1) is 9.03. The van der Waals surface area contributed by atoms with E-state index in [0.717, 1.165) is 17.0 Å². The van der Waals surface area contributed by atoms with Crippen LogP contribution in [0.15, 0.2) is 16.6 Å². The Hall–Kier alpha value is -1.70. The maximum atomic E-state index is 13.5. The van der Waals surface area contributed by atoms with Crippen molar-refractivity contribution in [1.29, 1.82) is 0 Å². The monoisotopic (exact) mass is 348 g/mol. The number of ether oxygens (including phenoxy) is 1. The Bertz CT molecular complexity index is 557. The van der Waals surface area contributed by atoms with Gasteiger partial charge in [0.25, 0.3) is 5.69 Å². The van der Waals surface area contributed by atoms with E-state index in [0.29, 0.717) is 0 Å². The second kappa shape index (κ2) is 5.74. The molecule has 1 amide bonds. The van der Waals surface area contributed by atoms with E-state index in [1.807, 2.05) is 0 Å². The minimum Gasteiger partial charge on any atom is -0.443 e. The van der Waals surface area contributed by atoms with Crippen LogP contribution in [0.5, 0.6) is 0 Å². The molecule has 1 aromatic carbocycles. The van der Waals surface area contributed by atoms with Gasteiger partial charge in [-0.3, -0.25) is 15.0 Å². The second-order valence-corrected chi connectivity index (χ2v) is 5.91. The van der Waals surface area contributed by atoms with Crippen LogP contribution in [0.3, 0.4) is 0 Å². The fraction of sp³-hybridized carbons (Fsp3) is 0.417. The number of halogens is 2. The maximum Gasteiger partial charge on any atom is 0.414 e. The normalized spacial score (nSPS) is 11.1. The molecule has 20 heavy (non-hydrogen) atoms. The minimum atomic E-state index is -0.803. The van der Waals surface area contributed by atoms with Crippen LogP contribution in [0.25, 0.3) is 0 Å². The first kappa shape index (κ1) is 16.4. The van der Waals surface area contributed by atoms with Gasteiger partial charge in [-0.2, -0.15) is 0 Å². The van der Waals surface area contributed by atoms with Crippen molar-refractivity contribution in [2.75, 3.05) is 11.9 Å². The van der Waals surface area contributed by atoms with Crippen LogP contribution in [0.1, 0.15) is 20.8 Å². The molecule has 0 heterocycles. The average molecular weight is 349 g/mol. The van der Waals surface area contributed by atoms with Crippen LogP contribution < -0.4 is 4.90 Å². The minimum absolute atomic E-state index is 0.0504. The second-order valence-electron chi connectivity index (χ2n) is 5.05. The highest BCUT2D eigenvalue weighted by atomic mass is 79.9. The van der Waals surface area contributed by atoms with Crippen molar-refractivity contribution in [3.63, 3.8) is 0 Å². The van der Waals surface area contributed by atoms with Crippen LogP contribution in [0.2, 0.25) is 0 Å². The molecule has 0 N–H and O–H groups in total. The lowest BCUT2D eigenvalue weighted by atomic mass is 10.2. The molecule has 0 bridgehead atoms. The number of hydrogen-bond acceptors (Lipinski definition) is 4. The van der Waals surface area contributed by atoms with Gasteiger partial charge in [-0.25, -0.2) is 9.18 Å². The fourth-order valence-electron chi connectivity index (χ4n) is 1.37. The summed E-state index contributed by atoms with van der Waals surface area (Å²) >= 11 is 2.87.